The van der Waals surface area contributed by atoms with Crippen molar-refractivity contribution in [2.45, 2.75) is 15.1 Å². The molecule has 0 saturated heterocycles. The molecule has 26 heavy (non-hydrogen) atoms. The number of benzene rings is 1. The highest BCUT2D eigenvalue weighted by atomic mass is 32.2. The summed E-state index contributed by atoms with van der Waals surface area (Å²) in [4.78, 5) is 20.3. The van der Waals surface area contributed by atoms with Gasteiger partial charge in [0.25, 0.3) is 0 Å². The summed E-state index contributed by atoms with van der Waals surface area (Å²) >= 11 is 2.55. The summed E-state index contributed by atoms with van der Waals surface area (Å²) in [6.45, 7) is 0. The largest absolute Gasteiger partial charge is 0.478 e. The molecule has 0 aliphatic heterocycles. The van der Waals surface area contributed by atoms with E-state index in [2.05, 4.69) is 9.97 Å². The van der Waals surface area contributed by atoms with Gasteiger partial charge in [-0.3, -0.25) is 0 Å². The van der Waals surface area contributed by atoms with Gasteiger partial charge in [-0.25, -0.2) is 23.2 Å². The molecule has 0 aliphatic rings. The van der Waals surface area contributed by atoms with Crippen LogP contribution in [0.1, 0.15) is 15.9 Å². The zero-order chi connectivity index (χ0) is 18.7. The first-order chi connectivity index (χ1) is 12.4. The van der Waals surface area contributed by atoms with Crippen LogP contribution in [0.5, 0.6) is 0 Å². The molecule has 1 aromatic carbocycles. The van der Waals surface area contributed by atoms with Gasteiger partial charge in [-0.15, -0.1) is 11.3 Å². The van der Waals surface area contributed by atoms with Crippen LogP contribution in [0.15, 0.2) is 58.0 Å². The van der Waals surface area contributed by atoms with Crippen LogP contribution in [0.25, 0.3) is 10.6 Å². The number of carboxylic acid groups (broad SMARTS) is 1. The SMILES string of the molecule is CSc1nccc(-c2ccc(S(=O)(=O)Cc3cccc(C(=O)O)c3)s2)n1. The molecule has 2 heterocycles. The molecule has 0 amide bonds. The molecule has 134 valence electrons. The lowest BCUT2D eigenvalue weighted by molar-refractivity contribution is 0.0696. The van der Waals surface area contributed by atoms with Crippen LogP contribution in [-0.4, -0.2) is 35.7 Å². The van der Waals surface area contributed by atoms with Crippen LogP contribution in [-0.2, 0) is 15.6 Å². The molecule has 0 spiro atoms. The van der Waals surface area contributed by atoms with Crippen molar-refractivity contribution in [1.29, 1.82) is 0 Å². The predicted molar refractivity (Wildman–Crippen MR) is 101 cm³/mol. The molecule has 3 rings (SSSR count). The zero-order valence-electron chi connectivity index (χ0n) is 13.6. The molecule has 0 bridgehead atoms. The minimum atomic E-state index is -3.58. The third-order valence-corrected chi connectivity index (χ3v) is 7.43. The predicted octanol–water partition coefficient (Wildman–Crippen LogP) is 3.60. The Bertz CT molecular complexity index is 1060. The summed E-state index contributed by atoms with van der Waals surface area (Å²) in [6.07, 6.45) is 3.51. The van der Waals surface area contributed by atoms with E-state index in [-0.39, 0.29) is 15.5 Å². The van der Waals surface area contributed by atoms with Gasteiger partial charge in [0.05, 0.1) is 21.9 Å². The van der Waals surface area contributed by atoms with E-state index in [1.165, 1.54) is 23.9 Å². The average molecular weight is 407 g/mol. The molecule has 3 aromatic rings. The van der Waals surface area contributed by atoms with Crippen molar-refractivity contribution in [2.75, 3.05) is 6.26 Å². The molecule has 0 radical (unpaired) electrons. The molecule has 1 N–H and O–H groups in total. The van der Waals surface area contributed by atoms with E-state index < -0.39 is 15.8 Å². The van der Waals surface area contributed by atoms with Gasteiger partial charge < -0.3 is 5.11 Å². The second-order valence-corrected chi connectivity index (χ2v) is 9.39. The van der Waals surface area contributed by atoms with Crippen LogP contribution < -0.4 is 0 Å². The second kappa shape index (κ2) is 7.56. The summed E-state index contributed by atoms with van der Waals surface area (Å²) in [7, 11) is -3.58. The molecule has 0 fully saturated rings. The van der Waals surface area contributed by atoms with Crippen LogP contribution in [0.2, 0.25) is 0 Å². The van der Waals surface area contributed by atoms with E-state index in [1.54, 1.807) is 36.5 Å². The van der Waals surface area contributed by atoms with Gasteiger partial charge in [0, 0.05) is 6.20 Å². The Hall–Kier alpha value is -2.23. The maximum Gasteiger partial charge on any atom is 0.335 e. The van der Waals surface area contributed by atoms with Gasteiger partial charge in [-0.2, -0.15) is 0 Å². The highest BCUT2D eigenvalue weighted by Gasteiger charge is 2.19. The van der Waals surface area contributed by atoms with Gasteiger partial charge in [-0.05, 0) is 42.2 Å². The fourth-order valence-electron chi connectivity index (χ4n) is 2.29. The third-order valence-electron chi connectivity index (χ3n) is 3.49. The fraction of sp³-hybridized carbons (Fsp3) is 0.118. The summed E-state index contributed by atoms with van der Waals surface area (Å²) in [6, 6.07) is 11.0. The number of aromatic nitrogens is 2. The Morgan fingerprint density at radius 3 is 2.77 bits per heavy atom. The van der Waals surface area contributed by atoms with E-state index in [0.29, 0.717) is 16.4 Å². The molecule has 0 unspecified atom stereocenters. The molecular weight excluding hydrogens is 392 g/mol. The maximum absolute atomic E-state index is 12.7. The number of aromatic carboxylic acids is 1. The second-order valence-electron chi connectivity index (χ2n) is 5.31. The number of carbonyl (C=O) groups is 1. The van der Waals surface area contributed by atoms with Crippen molar-refractivity contribution < 1.29 is 18.3 Å². The van der Waals surface area contributed by atoms with Crippen molar-refractivity contribution in [1.82, 2.24) is 9.97 Å². The molecule has 6 nitrogen and oxygen atoms in total. The number of hydrogen-bond acceptors (Lipinski definition) is 7. The summed E-state index contributed by atoms with van der Waals surface area (Å²) < 4.78 is 25.6. The van der Waals surface area contributed by atoms with Crippen molar-refractivity contribution in [3.63, 3.8) is 0 Å². The van der Waals surface area contributed by atoms with Crippen LogP contribution in [0, 0.1) is 0 Å². The Morgan fingerprint density at radius 1 is 1.23 bits per heavy atom. The fourth-order valence-corrected chi connectivity index (χ4v) is 5.34. The lowest BCUT2D eigenvalue weighted by atomic mass is 10.1. The first-order valence-corrected chi connectivity index (χ1v) is 11.1. The number of rotatable bonds is 6. The van der Waals surface area contributed by atoms with Crippen LogP contribution in [0.4, 0.5) is 0 Å². The highest BCUT2D eigenvalue weighted by Crippen LogP contribution is 2.31. The first-order valence-electron chi connectivity index (χ1n) is 7.41. The summed E-state index contributed by atoms with van der Waals surface area (Å²) in [5.74, 6) is -1.34. The Kier molecular flexibility index (Phi) is 5.40. The molecular formula is C17H14N2O4S3. The molecule has 0 atom stereocenters. The van der Waals surface area contributed by atoms with Crippen molar-refractivity contribution in [2.24, 2.45) is 0 Å². The molecule has 9 heteroatoms. The van der Waals surface area contributed by atoms with E-state index in [1.807, 2.05) is 6.26 Å². The lowest BCUT2D eigenvalue weighted by Crippen LogP contribution is -2.04. The minimum absolute atomic E-state index is 0.0650. The van der Waals surface area contributed by atoms with Gasteiger partial charge >= 0.3 is 5.97 Å². The number of thioether (sulfide) groups is 1. The van der Waals surface area contributed by atoms with Gasteiger partial charge in [0.2, 0.25) is 0 Å². The summed E-state index contributed by atoms with van der Waals surface area (Å²) in [5, 5.41) is 9.65. The number of thiophene rings is 1. The minimum Gasteiger partial charge on any atom is -0.478 e. The number of nitrogens with zero attached hydrogens (tertiary/aromatic N) is 2. The van der Waals surface area contributed by atoms with E-state index in [9.17, 15) is 13.2 Å². The normalized spacial score (nSPS) is 11.4. The van der Waals surface area contributed by atoms with Gasteiger partial charge in [0.15, 0.2) is 15.0 Å². The molecule has 0 aliphatic carbocycles. The van der Waals surface area contributed by atoms with Crippen molar-refractivity contribution >= 4 is 38.9 Å². The number of sulfone groups is 1. The maximum atomic E-state index is 12.7. The quantitative estimate of drug-likeness (QED) is 0.493. The Morgan fingerprint density at radius 2 is 2.04 bits per heavy atom. The standard InChI is InChI=1S/C17H14N2O4S3/c1-24-17-18-8-7-13(19-17)14-5-6-15(25-14)26(22,23)10-11-3-2-4-12(9-11)16(20)21/h2-9H,10H2,1H3,(H,20,21). The van der Waals surface area contributed by atoms with Crippen molar-refractivity contribution in [3.05, 3.63) is 59.8 Å². The Balaban J connectivity index is 1.87. The number of hydrogen-bond donors (Lipinski definition) is 1. The van der Waals surface area contributed by atoms with Gasteiger partial charge in [0.1, 0.15) is 4.21 Å². The highest BCUT2D eigenvalue weighted by molar-refractivity contribution is 7.98. The van der Waals surface area contributed by atoms with E-state index in [4.69, 9.17) is 5.11 Å². The van der Waals surface area contributed by atoms with Crippen LogP contribution in [0.3, 0.4) is 0 Å². The Labute approximate surface area is 158 Å². The smallest absolute Gasteiger partial charge is 0.335 e. The monoisotopic (exact) mass is 406 g/mol. The van der Waals surface area contributed by atoms with E-state index in [0.717, 1.165) is 16.2 Å². The zero-order valence-corrected chi connectivity index (χ0v) is 16.1. The lowest BCUT2D eigenvalue weighted by Gasteiger charge is -2.03. The number of carboxylic acids is 1. The van der Waals surface area contributed by atoms with E-state index >= 15 is 0 Å². The molecule has 2 aromatic heterocycles. The van der Waals surface area contributed by atoms with Crippen LogP contribution >= 0.6 is 23.1 Å². The van der Waals surface area contributed by atoms with Crippen molar-refractivity contribution in [3.8, 4) is 10.6 Å². The summed E-state index contributed by atoms with van der Waals surface area (Å²) in [5.41, 5.74) is 1.17. The molecule has 0 saturated carbocycles. The average Bonchev–Trinajstić information content (AvgIpc) is 3.13. The topological polar surface area (TPSA) is 97.2 Å². The third kappa shape index (κ3) is 4.12. The first kappa shape index (κ1) is 18.6. The van der Waals surface area contributed by atoms with Gasteiger partial charge in [-0.1, -0.05) is 23.9 Å².